The average molecular weight is 528 g/mol. The molecule has 2 unspecified atom stereocenters. The van der Waals surface area contributed by atoms with Crippen LogP contribution in [-0.2, 0) is 5.72 Å². The molecule has 30 heavy (non-hydrogen) atoms. The highest BCUT2D eigenvalue weighted by molar-refractivity contribution is 9.10. The van der Waals surface area contributed by atoms with Crippen LogP contribution in [0.1, 0.15) is 18.4 Å². The van der Waals surface area contributed by atoms with Gasteiger partial charge in [-0.25, -0.2) is 4.79 Å². The fourth-order valence-electron chi connectivity index (χ4n) is 4.39. The second-order valence-electron chi connectivity index (χ2n) is 7.82. The van der Waals surface area contributed by atoms with Gasteiger partial charge >= 0.3 is 6.03 Å². The number of urea groups is 1. The summed E-state index contributed by atoms with van der Waals surface area (Å²) in [5.74, 6) is 0.239. The summed E-state index contributed by atoms with van der Waals surface area (Å²) < 4.78 is 1.87. The lowest BCUT2D eigenvalue weighted by Crippen LogP contribution is -2.50. The smallest absolute Gasteiger partial charge is 0.332 e. The minimum Gasteiger partial charge on any atom is -0.365 e. The van der Waals surface area contributed by atoms with E-state index in [2.05, 4.69) is 31.9 Å². The maximum absolute atomic E-state index is 13.9. The van der Waals surface area contributed by atoms with Gasteiger partial charge in [-0.05, 0) is 67.3 Å². The third kappa shape index (κ3) is 3.18. The number of carbonyl (C=O) groups excluding carboxylic acids is 1. The van der Waals surface area contributed by atoms with Gasteiger partial charge in [-0.1, -0.05) is 62.2 Å². The first kappa shape index (κ1) is 19.8. The molecule has 2 aliphatic rings. The molecule has 2 atom stereocenters. The standard InChI is InChI=1S/C24H20Br2N2O2/c25-18-8-12-20(13-9-18)27-22(16-6-7-16)24(30,17-4-2-1-3-5-17)28(23(27)29)21-14-10-19(26)11-15-21/h1-5,8-16,22,30H,6-7H2. The highest BCUT2D eigenvalue weighted by atomic mass is 79.9. The maximum Gasteiger partial charge on any atom is 0.332 e. The van der Waals surface area contributed by atoms with E-state index in [1.165, 1.54) is 0 Å². The normalized spacial score (nSPS) is 23.8. The van der Waals surface area contributed by atoms with Crippen LogP contribution in [0.25, 0.3) is 0 Å². The van der Waals surface area contributed by atoms with Gasteiger partial charge in [0.25, 0.3) is 0 Å². The molecule has 0 bridgehead atoms. The zero-order valence-corrected chi connectivity index (χ0v) is 19.3. The summed E-state index contributed by atoms with van der Waals surface area (Å²) in [6.07, 6.45) is 1.99. The predicted molar refractivity (Wildman–Crippen MR) is 125 cm³/mol. The Balaban J connectivity index is 1.72. The van der Waals surface area contributed by atoms with Crippen molar-refractivity contribution < 1.29 is 9.90 Å². The number of amides is 2. The Morgan fingerprint density at radius 3 is 1.87 bits per heavy atom. The Bertz CT molecular complexity index is 1070. The monoisotopic (exact) mass is 526 g/mol. The molecule has 0 spiro atoms. The van der Waals surface area contributed by atoms with E-state index in [0.717, 1.165) is 33.0 Å². The topological polar surface area (TPSA) is 43.8 Å². The van der Waals surface area contributed by atoms with Crippen molar-refractivity contribution in [2.75, 3.05) is 9.80 Å². The number of carbonyl (C=O) groups is 1. The summed E-state index contributed by atoms with van der Waals surface area (Å²) in [6.45, 7) is 0. The molecule has 152 valence electrons. The Labute approximate surface area is 192 Å². The minimum absolute atomic E-state index is 0.220. The summed E-state index contributed by atoms with van der Waals surface area (Å²) in [7, 11) is 0. The molecule has 1 heterocycles. The van der Waals surface area contributed by atoms with Crippen molar-refractivity contribution in [3.8, 4) is 0 Å². The van der Waals surface area contributed by atoms with Crippen molar-refractivity contribution in [3.63, 3.8) is 0 Å². The Morgan fingerprint density at radius 1 is 0.800 bits per heavy atom. The molecule has 5 rings (SSSR count). The van der Waals surface area contributed by atoms with Gasteiger partial charge in [0, 0.05) is 25.9 Å². The van der Waals surface area contributed by atoms with Crippen LogP contribution in [0.15, 0.2) is 87.8 Å². The van der Waals surface area contributed by atoms with Gasteiger partial charge < -0.3 is 5.11 Å². The Hall–Kier alpha value is -2.15. The van der Waals surface area contributed by atoms with E-state index in [-0.39, 0.29) is 18.0 Å². The summed E-state index contributed by atoms with van der Waals surface area (Å²) in [5.41, 5.74) is 0.701. The van der Waals surface area contributed by atoms with Crippen LogP contribution in [0.3, 0.4) is 0 Å². The van der Waals surface area contributed by atoms with Crippen LogP contribution in [0, 0.1) is 5.92 Å². The summed E-state index contributed by atoms with van der Waals surface area (Å²) in [4.78, 5) is 17.2. The number of rotatable bonds is 4. The zero-order chi connectivity index (χ0) is 20.9. The number of halogens is 2. The molecule has 1 aliphatic carbocycles. The largest absolute Gasteiger partial charge is 0.365 e. The number of aliphatic hydroxyl groups is 1. The molecule has 4 nitrogen and oxygen atoms in total. The lowest BCUT2D eigenvalue weighted by Gasteiger charge is -2.37. The number of benzene rings is 3. The first-order valence-electron chi connectivity index (χ1n) is 9.92. The summed E-state index contributed by atoms with van der Waals surface area (Å²) in [5, 5.41) is 12.3. The highest BCUT2D eigenvalue weighted by Gasteiger charge is 2.62. The molecule has 1 aliphatic heterocycles. The van der Waals surface area contributed by atoms with Crippen LogP contribution in [-0.4, -0.2) is 17.2 Å². The van der Waals surface area contributed by atoms with Gasteiger partial charge in [-0.2, -0.15) is 0 Å². The second kappa shape index (κ2) is 7.52. The third-order valence-electron chi connectivity index (χ3n) is 5.89. The molecule has 0 radical (unpaired) electrons. The zero-order valence-electron chi connectivity index (χ0n) is 16.1. The van der Waals surface area contributed by atoms with E-state index >= 15 is 0 Å². The van der Waals surface area contributed by atoms with Crippen LogP contribution in [0.2, 0.25) is 0 Å². The minimum atomic E-state index is -1.47. The van der Waals surface area contributed by atoms with Crippen LogP contribution in [0.5, 0.6) is 0 Å². The SMILES string of the molecule is O=C1N(c2ccc(Br)cc2)C(C2CC2)C(O)(c2ccccc2)N1c1ccc(Br)cc1. The molecule has 2 amide bonds. The molecular weight excluding hydrogens is 508 g/mol. The van der Waals surface area contributed by atoms with Gasteiger partial charge in [0.05, 0.1) is 6.04 Å². The third-order valence-corrected chi connectivity index (χ3v) is 6.94. The molecule has 1 N–H and O–H groups in total. The Kier molecular flexibility index (Phi) is 4.96. The maximum atomic E-state index is 13.9. The number of nitrogens with zero attached hydrogens (tertiary/aromatic N) is 2. The van der Waals surface area contributed by atoms with E-state index in [1.807, 2.05) is 78.9 Å². The molecule has 6 heteroatoms. The van der Waals surface area contributed by atoms with E-state index in [4.69, 9.17) is 0 Å². The van der Waals surface area contributed by atoms with E-state index in [0.29, 0.717) is 5.69 Å². The fraction of sp³-hybridized carbons (Fsp3) is 0.208. The van der Waals surface area contributed by atoms with Crippen molar-refractivity contribution in [2.45, 2.75) is 24.6 Å². The van der Waals surface area contributed by atoms with Gasteiger partial charge in [0.2, 0.25) is 0 Å². The lowest BCUT2D eigenvalue weighted by atomic mass is 9.90. The van der Waals surface area contributed by atoms with E-state index < -0.39 is 5.72 Å². The molecule has 0 aromatic heterocycles. The summed E-state index contributed by atoms with van der Waals surface area (Å²) in [6, 6.07) is 24.2. The fourth-order valence-corrected chi connectivity index (χ4v) is 4.92. The number of hydrogen-bond donors (Lipinski definition) is 1. The average Bonchev–Trinajstić information content (AvgIpc) is 3.56. The van der Waals surface area contributed by atoms with Crippen LogP contribution < -0.4 is 9.80 Å². The van der Waals surface area contributed by atoms with Crippen molar-refractivity contribution in [3.05, 3.63) is 93.4 Å². The van der Waals surface area contributed by atoms with Crippen molar-refractivity contribution in [1.82, 2.24) is 0 Å². The van der Waals surface area contributed by atoms with Crippen molar-refractivity contribution in [2.24, 2.45) is 5.92 Å². The van der Waals surface area contributed by atoms with Crippen molar-refractivity contribution in [1.29, 1.82) is 0 Å². The molecule has 3 aromatic rings. The quantitative estimate of drug-likeness (QED) is 0.433. The van der Waals surface area contributed by atoms with E-state index in [9.17, 15) is 9.90 Å². The van der Waals surface area contributed by atoms with E-state index in [1.54, 1.807) is 9.80 Å². The molecule has 1 saturated heterocycles. The van der Waals surface area contributed by atoms with Gasteiger partial charge in [0.15, 0.2) is 5.72 Å². The number of anilines is 2. The second-order valence-corrected chi connectivity index (χ2v) is 9.65. The molecule has 2 fully saturated rings. The Morgan fingerprint density at radius 2 is 1.33 bits per heavy atom. The predicted octanol–water partition coefficient (Wildman–Crippen LogP) is 6.28. The highest BCUT2D eigenvalue weighted by Crippen LogP contribution is 2.52. The first-order valence-corrected chi connectivity index (χ1v) is 11.5. The lowest BCUT2D eigenvalue weighted by molar-refractivity contribution is 0.0251. The van der Waals surface area contributed by atoms with Gasteiger partial charge in [0.1, 0.15) is 0 Å². The summed E-state index contributed by atoms with van der Waals surface area (Å²) >= 11 is 6.93. The van der Waals surface area contributed by atoms with Crippen LogP contribution in [0.4, 0.5) is 16.2 Å². The van der Waals surface area contributed by atoms with Gasteiger partial charge in [-0.3, -0.25) is 9.80 Å². The van der Waals surface area contributed by atoms with Gasteiger partial charge in [-0.15, -0.1) is 0 Å². The van der Waals surface area contributed by atoms with Crippen molar-refractivity contribution >= 4 is 49.3 Å². The number of hydrogen-bond acceptors (Lipinski definition) is 2. The molecule has 3 aromatic carbocycles. The first-order chi connectivity index (χ1) is 14.5. The molecular formula is C24H20Br2N2O2. The van der Waals surface area contributed by atoms with Crippen LogP contribution >= 0.6 is 31.9 Å². The molecule has 1 saturated carbocycles.